The molecule has 2 saturated heterocycles. The number of hydrogen-bond acceptors (Lipinski definition) is 6. The van der Waals surface area contributed by atoms with E-state index in [1.165, 1.54) is 12.8 Å². The Hall–Kier alpha value is -1.92. The van der Waals surface area contributed by atoms with Crippen LogP contribution in [0.3, 0.4) is 0 Å². The Labute approximate surface area is 148 Å². The second-order valence-corrected chi connectivity index (χ2v) is 7.56. The predicted octanol–water partition coefficient (Wildman–Crippen LogP) is 2.35. The summed E-state index contributed by atoms with van der Waals surface area (Å²) in [5, 5.41) is 4.11. The number of rotatable bonds is 5. The molecule has 0 unspecified atom stereocenters. The van der Waals surface area contributed by atoms with E-state index in [0.717, 1.165) is 50.1 Å². The van der Waals surface area contributed by atoms with Gasteiger partial charge in [-0.1, -0.05) is 11.2 Å². The number of pyridine rings is 1. The molecule has 1 spiro atoms. The number of likely N-dealkylation sites (N-methyl/N-ethyl adjacent to an activating group) is 1. The van der Waals surface area contributed by atoms with Gasteiger partial charge in [-0.25, -0.2) is 4.98 Å². The number of aromatic nitrogens is 2. The molecule has 0 aromatic carbocycles. The molecule has 6 heteroatoms. The standard InChI is InChI=1S/C19H26N4O2/c1-15-9-17(21-25-15)11-23-13-19(14-23)10-16(6-8-22(19)2)12-24-18-5-3-4-7-20-18/h3-5,7,9,16H,6,8,10-14H2,1-2H3/t16-/m0/s1. The Morgan fingerprint density at radius 3 is 2.96 bits per heavy atom. The van der Waals surface area contributed by atoms with E-state index in [-0.39, 0.29) is 5.54 Å². The van der Waals surface area contributed by atoms with Gasteiger partial charge in [0.05, 0.1) is 12.3 Å². The van der Waals surface area contributed by atoms with Crippen molar-refractivity contribution in [2.45, 2.75) is 31.8 Å². The number of aryl methyl sites for hydroxylation is 1. The van der Waals surface area contributed by atoms with Gasteiger partial charge in [-0.3, -0.25) is 9.80 Å². The zero-order valence-electron chi connectivity index (χ0n) is 15.0. The lowest BCUT2D eigenvalue weighted by molar-refractivity contribution is -0.0880. The number of piperidine rings is 1. The molecule has 0 amide bonds. The van der Waals surface area contributed by atoms with Gasteiger partial charge in [0.15, 0.2) is 0 Å². The highest BCUT2D eigenvalue weighted by Crippen LogP contribution is 2.38. The minimum Gasteiger partial charge on any atom is -0.477 e. The van der Waals surface area contributed by atoms with Crippen molar-refractivity contribution in [3.8, 4) is 5.88 Å². The summed E-state index contributed by atoms with van der Waals surface area (Å²) in [6, 6.07) is 7.83. The van der Waals surface area contributed by atoms with E-state index in [0.29, 0.717) is 5.92 Å². The molecule has 0 bridgehead atoms. The molecule has 0 aliphatic carbocycles. The van der Waals surface area contributed by atoms with E-state index < -0.39 is 0 Å². The molecule has 2 fully saturated rings. The zero-order chi connectivity index (χ0) is 17.3. The fourth-order valence-corrected chi connectivity index (χ4v) is 4.18. The Morgan fingerprint density at radius 2 is 2.24 bits per heavy atom. The Balaban J connectivity index is 1.31. The lowest BCUT2D eigenvalue weighted by Gasteiger charge is -2.58. The average molecular weight is 342 g/mol. The van der Waals surface area contributed by atoms with Crippen LogP contribution in [0.25, 0.3) is 0 Å². The SMILES string of the molecule is Cc1cc(CN2CC3(C[C@@H](COc4ccccn4)CCN3C)C2)no1. The van der Waals surface area contributed by atoms with Crippen molar-refractivity contribution in [3.05, 3.63) is 41.9 Å². The van der Waals surface area contributed by atoms with Crippen LogP contribution in [0.2, 0.25) is 0 Å². The van der Waals surface area contributed by atoms with Crippen LogP contribution >= 0.6 is 0 Å². The summed E-state index contributed by atoms with van der Waals surface area (Å²) < 4.78 is 11.1. The molecule has 2 aromatic rings. The number of nitrogens with zero attached hydrogens (tertiary/aromatic N) is 4. The summed E-state index contributed by atoms with van der Waals surface area (Å²) in [7, 11) is 2.26. The molecule has 1 atom stereocenters. The van der Waals surface area contributed by atoms with Crippen molar-refractivity contribution in [2.75, 3.05) is 33.3 Å². The molecule has 25 heavy (non-hydrogen) atoms. The third-order valence-corrected chi connectivity index (χ3v) is 5.55. The van der Waals surface area contributed by atoms with Gasteiger partial charge in [0, 0.05) is 43.5 Å². The largest absolute Gasteiger partial charge is 0.477 e. The minimum atomic E-state index is 0.287. The first-order valence-corrected chi connectivity index (χ1v) is 9.03. The molecular formula is C19H26N4O2. The maximum atomic E-state index is 5.90. The summed E-state index contributed by atoms with van der Waals surface area (Å²) in [4.78, 5) is 9.24. The molecule has 2 aliphatic heterocycles. The zero-order valence-corrected chi connectivity index (χ0v) is 15.0. The van der Waals surface area contributed by atoms with E-state index >= 15 is 0 Å². The first-order chi connectivity index (χ1) is 12.1. The third-order valence-electron chi connectivity index (χ3n) is 5.55. The molecule has 2 aliphatic rings. The molecule has 0 N–H and O–H groups in total. The van der Waals surface area contributed by atoms with Gasteiger partial charge in [-0.2, -0.15) is 0 Å². The van der Waals surface area contributed by atoms with Crippen molar-refractivity contribution < 1.29 is 9.26 Å². The van der Waals surface area contributed by atoms with Crippen LogP contribution in [0.5, 0.6) is 5.88 Å². The topological polar surface area (TPSA) is 54.6 Å². The lowest BCUT2D eigenvalue weighted by Crippen LogP contribution is -2.71. The van der Waals surface area contributed by atoms with Gasteiger partial charge < -0.3 is 9.26 Å². The third kappa shape index (κ3) is 3.55. The molecular weight excluding hydrogens is 316 g/mol. The lowest BCUT2D eigenvalue weighted by atomic mass is 9.75. The van der Waals surface area contributed by atoms with Crippen molar-refractivity contribution in [1.29, 1.82) is 0 Å². The van der Waals surface area contributed by atoms with Crippen molar-refractivity contribution >= 4 is 0 Å². The van der Waals surface area contributed by atoms with E-state index in [9.17, 15) is 0 Å². The van der Waals surface area contributed by atoms with Gasteiger partial charge >= 0.3 is 0 Å². The highest BCUT2D eigenvalue weighted by Gasteiger charge is 2.49. The van der Waals surface area contributed by atoms with Crippen LogP contribution in [0.15, 0.2) is 35.0 Å². The van der Waals surface area contributed by atoms with Crippen LogP contribution < -0.4 is 4.74 Å². The van der Waals surface area contributed by atoms with Crippen LogP contribution in [0.1, 0.15) is 24.3 Å². The fraction of sp³-hybridized carbons (Fsp3) is 0.579. The first kappa shape index (κ1) is 16.5. The predicted molar refractivity (Wildman–Crippen MR) is 94.3 cm³/mol. The summed E-state index contributed by atoms with van der Waals surface area (Å²) in [6.45, 7) is 6.89. The molecule has 4 heterocycles. The molecule has 6 nitrogen and oxygen atoms in total. The summed E-state index contributed by atoms with van der Waals surface area (Å²) in [5.74, 6) is 2.20. The minimum absolute atomic E-state index is 0.287. The molecule has 4 rings (SSSR count). The average Bonchev–Trinajstić information content (AvgIpc) is 3.00. The Kier molecular flexibility index (Phi) is 4.48. The van der Waals surface area contributed by atoms with E-state index in [1.807, 2.05) is 31.2 Å². The van der Waals surface area contributed by atoms with Gasteiger partial charge in [0.25, 0.3) is 0 Å². The number of hydrogen-bond donors (Lipinski definition) is 0. The maximum Gasteiger partial charge on any atom is 0.213 e. The van der Waals surface area contributed by atoms with Crippen LogP contribution in [-0.2, 0) is 6.54 Å². The number of likely N-dealkylation sites (tertiary alicyclic amines) is 2. The van der Waals surface area contributed by atoms with Gasteiger partial charge in [-0.15, -0.1) is 0 Å². The van der Waals surface area contributed by atoms with E-state index in [4.69, 9.17) is 9.26 Å². The van der Waals surface area contributed by atoms with Gasteiger partial charge in [0.1, 0.15) is 5.76 Å². The summed E-state index contributed by atoms with van der Waals surface area (Å²) in [5.41, 5.74) is 1.32. The second kappa shape index (κ2) is 6.77. The second-order valence-electron chi connectivity index (χ2n) is 7.56. The quantitative estimate of drug-likeness (QED) is 0.831. The van der Waals surface area contributed by atoms with Crippen molar-refractivity contribution in [2.24, 2.45) is 5.92 Å². The summed E-state index contributed by atoms with van der Waals surface area (Å²) >= 11 is 0. The van der Waals surface area contributed by atoms with Crippen LogP contribution in [0, 0.1) is 12.8 Å². The van der Waals surface area contributed by atoms with Gasteiger partial charge in [0.2, 0.25) is 5.88 Å². The van der Waals surface area contributed by atoms with Gasteiger partial charge in [-0.05, 0) is 45.3 Å². The molecule has 0 saturated carbocycles. The van der Waals surface area contributed by atoms with E-state index in [1.54, 1.807) is 6.20 Å². The van der Waals surface area contributed by atoms with Crippen molar-refractivity contribution in [1.82, 2.24) is 19.9 Å². The highest BCUT2D eigenvalue weighted by atomic mass is 16.5. The molecule has 0 radical (unpaired) electrons. The van der Waals surface area contributed by atoms with Crippen molar-refractivity contribution in [3.63, 3.8) is 0 Å². The Morgan fingerprint density at radius 1 is 1.36 bits per heavy atom. The van der Waals surface area contributed by atoms with E-state index in [2.05, 4.69) is 27.0 Å². The molecule has 134 valence electrons. The fourth-order valence-electron chi connectivity index (χ4n) is 4.18. The smallest absolute Gasteiger partial charge is 0.213 e. The first-order valence-electron chi connectivity index (χ1n) is 9.03. The highest BCUT2D eigenvalue weighted by molar-refractivity contribution is 5.11. The van der Waals surface area contributed by atoms with Crippen LogP contribution in [-0.4, -0.2) is 58.8 Å². The monoisotopic (exact) mass is 342 g/mol. The number of ether oxygens (including phenoxy) is 1. The van der Waals surface area contributed by atoms with Crippen LogP contribution in [0.4, 0.5) is 0 Å². The summed E-state index contributed by atoms with van der Waals surface area (Å²) in [6.07, 6.45) is 4.15. The maximum absolute atomic E-state index is 5.90. The Bertz CT molecular complexity index is 696. The molecule has 2 aromatic heterocycles. The normalized spacial score (nSPS) is 23.5.